The molecule has 1 aromatic carbocycles. The molecule has 9 heteroatoms. The van der Waals surface area contributed by atoms with Crippen LogP contribution in [0.2, 0.25) is 0 Å². The number of hydrogen-bond acceptors (Lipinski definition) is 8. The first-order valence-corrected chi connectivity index (χ1v) is 10.8. The van der Waals surface area contributed by atoms with E-state index in [-0.39, 0.29) is 5.97 Å². The standard InChI is InChI=1S/C20H18N4O3S2/c1-3-27-19(25)16(10-13-8-9-28-11-13)17-12-29-20-22-21-18(24(20)23-17)14-4-6-15(26-2)7-5-14/h4-11H,3,12H2,1-2H3. The van der Waals surface area contributed by atoms with Crippen molar-refractivity contribution < 1.29 is 14.3 Å². The maximum absolute atomic E-state index is 12.6. The van der Waals surface area contributed by atoms with Crippen LogP contribution < -0.4 is 4.74 Å². The van der Waals surface area contributed by atoms with Gasteiger partial charge in [-0.15, -0.1) is 10.2 Å². The van der Waals surface area contributed by atoms with Gasteiger partial charge in [0.1, 0.15) is 5.75 Å². The summed E-state index contributed by atoms with van der Waals surface area (Å²) in [6.07, 6.45) is 1.82. The van der Waals surface area contributed by atoms with Gasteiger partial charge in [-0.1, -0.05) is 11.8 Å². The number of fused-ring (bicyclic) bond motifs is 1. The molecule has 0 unspecified atom stereocenters. The van der Waals surface area contributed by atoms with E-state index in [1.54, 1.807) is 30.0 Å². The average Bonchev–Trinajstić information content (AvgIpc) is 3.41. The van der Waals surface area contributed by atoms with Crippen molar-refractivity contribution in [2.45, 2.75) is 12.1 Å². The second-order valence-corrected chi connectivity index (χ2v) is 7.74. The normalized spacial score (nSPS) is 13.6. The number of thiophene rings is 1. The molecule has 29 heavy (non-hydrogen) atoms. The summed E-state index contributed by atoms with van der Waals surface area (Å²) in [5.74, 6) is 1.48. The van der Waals surface area contributed by atoms with Gasteiger partial charge >= 0.3 is 5.97 Å². The highest BCUT2D eigenvalue weighted by Gasteiger charge is 2.25. The molecule has 0 atom stereocenters. The Bertz CT molecular complexity index is 1070. The van der Waals surface area contributed by atoms with Crippen LogP contribution in [0.15, 0.2) is 56.9 Å². The number of carbonyl (C=O) groups excluding carboxylic acids is 1. The fourth-order valence-electron chi connectivity index (χ4n) is 2.77. The molecule has 3 heterocycles. The van der Waals surface area contributed by atoms with E-state index in [4.69, 9.17) is 14.6 Å². The molecule has 0 spiro atoms. The third kappa shape index (κ3) is 4.10. The molecule has 4 rings (SSSR count). The lowest BCUT2D eigenvalue weighted by atomic mass is 10.1. The van der Waals surface area contributed by atoms with Crippen molar-refractivity contribution in [2.75, 3.05) is 19.5 Å². The summed E-state index contributed by atoms with van der Waals surface area (Å²) in [5.41, 5.74) is 2.87. The zero-order valence-corrected chi connectivity index (χ0v) is 17.5. The first-order chi connectivity index (χ1) is 14.2. The summed E-state index contributed by atoms with van der Waals surface area (Å²) in [4.78, 5) is 12.6. The van der Waals surface area contributed by atoms with E-state index in [0.29, 0.717) is 34.6 Å². The van der Waals surface area contributed by atoms with Crippen molar-refractivity contribution in [1.82, 2.24) is 14.9 Å². The minimum absolute atomic E-state index is 0.301. The van der Waals surface area contributed by atoms with Crippen molar-refractivity contribution in [2.24, 2.45) is 5.10 Å². The van der Waals surface area contributed by atoms with Gasteiger partial charge in [-0.2, -0.15) is 21.1 Å². The highest BCUT2D eigenvalue weighted by Crippen LogP contribution is 2.30. The predicted molar refractivity (Wildman–Crippen MR) is 114 cm³/mol. The number of carbonyl (C=O) groups is 1. The summed E-state index contributed by atoms with van der Waals surface area (Å²) in [6, 6.07) is 9.47. The molecule has 0 fully saturated rings. The Morgan fingerprint density at radius 3 is 2.76 bits per heavy atom. The molecule has 0 aliphatic carbocycles. The van der Waals surface area contributed by atoms with Gasteiger partial charge in [0.25, 0.3) is 0 Å². The van der Waals surface area contributed by atoms with Crippen molar-refractivity contribution in [3.8, 4) is 17.1 Å². The molecular formula is C20H18N4O3S2. The number of benzene rings is 1. The van der Waals surface area contributed by atoms with Crippen LogP contribution in [-0.4, -0.2) is 46.0 Å². The Morgan fingerprint density at radius 2 is 2.07 bits per heavy atom. The number of methoxy groups -OCH3 is 1. The van der Waals surface area contributed by atoms with Crippen LogP contribution >= 0.6 is 23.1 Å². The molecule has 0 radical (unpaired) electrons. The van der Waals surface area contributed by atoms with Crippen LogP contribution in [0.25, 0.3) is 17.5 Å². The van der Waals surface area contributed by atoms with Crippen LogP contribution in [-0.2, 0) is 9.53 Å². The van der Waals surface area contributed by atoms with E-state index in [0.717, 1.165) is 16.9 Å². The number of rotatable bonds is 6. The zero-order valence-electron chi connectivity index (χ0n) is 15.9. The Hall–Kier alpha value is -2.91. The van der Waals surface area contributed by atoms with Gasteiger partial charge in [-0.3, -0.25) is 0 Å². The van der Waals surface area contributed by atoms with Crippen LogP contribution in [0.5, 0.6) is 5.75 Å². The molecule has 7 nitrogen and oxygen atoms in total. The predicted octanol–water partition coefficient (Wildman–Crippen LogP) is 3.97. The quantitative estimate of drug-likeness (QED) is 0.438. The number of esters is 1. The van der Waals surface area contributed by atoms with Crippen LogP contribution in [0, 0.1) is 0 Å². The zero-order chi connectivity index (χ0) is 20.2. The number of ether oxygens (including phenoxy) is 2. The maximum Gasteiger partial charge on any atom is 0.340 e. The van der Waals surface area contributed by atoms with Crippen molar-refractivity contribution in [3.05, 3.63) is 52.2 Å². The van der Waals surface area contributed by atoms with Crippen LogP contribution in [0.4, 0.5) is 0 Å². The summed E-state index contributed by atoms with van der Waals surface area (Å²) < 4.78 is 12.2. The topological polar surface area (TPSA) is 78.6 Å². The van der Waals surface area contributed by atoms with E-state index < -0.39 is 0 Å². The summed E-state index contributed by atoms with van der Waals surface area (Å²) in [7, 11) is 1.62. The van der Waals surface area contributed by atoms with Gasteiger partial charge in [0.15, 0.2) is 5.82 Å². The second kappa shape index (κ2) is 8.62. The Kier molecular flexibility index (Phi) is 5.77. The average molecular weight is 427 g/mol. The molecule has 2 aromatic heterocycles. The minimum atomic E-state index is -0.388. The molecule has 0 amide bonds. The van der Waals surface area contributed by atoms with Gasteiger partial charge < -0.3 is 9.47 Å². The van der Waals surface area contributed by atoms with Crippen molar-refractivity contribution in [1.29, 1.82) is 0 Å². The minimum Gasteiger partial charge on any atom is -0.497 e. The Balaban J connectivity index is 1.75. The first kappa shape index (κ1) is 19.4. The molecule has 148 valence electrons. The van der Waals surface area contributed by atoms with E-state index in [1.807, 2.05) is 47.2 Å². The Labute approximate surface area is 176 Å². The molecular weight excluding hydrogens is 408 g/mol. The van der Waals surface area contributed by atoms with E-state index in [9.17, 15) is 4.79 Å². The monoisotopic (exact) mass is 426 g/mol. The van der Waals surface area contributed by atoms with E-state index >= 15 is 0 Å². The molecule has 1 aliphatic heterocycles. The van der Waals surface area contributed by atoms with Gasteiger partial charge in [0.05, 0.1) is 25.0 Å². The van der Waals surface area contributed by atoms with Gasteiger partial charge in [-0.25, -0.2) is 4.79 Å². The molecule has 0 saturated carbocycles. The lowest BCUT2D eigenvalue weighted by Gasteiger charge is -2.15. The first-order valence-electron chi connectivity index (χ1n) is 8.91. The van der Waals surface area contributed by atoms with Crippen LogP contribution in [0.3, 0.4) is 0 Å². The summed E-state index contributed by atoms with van der Waals surface area (Å²) >= 11 is 3.05. The molecule has 3 aromatic rings. The third-order valence-electron chi connectivity index (χ3n) is 4.18. The molecule has 0 saturated heterocycles. The van der Waals surface area contributed by atoms with E-state index in [1.165, 1.54) is 11.8 Å². The van der Waals surface area contributed by atoms with Crippen molar-refractivity contribution >= 4 is 40.9 Å². The summed E-state index contributed by atoms with van der Waals surface area (Å²) in [6.45, 7) is 2.09. The highest BCUT2D eigenvalue weighted by molar-refractivity contribution is 7.99. The van der Waals surface area contributed by atoms with Gasteiger partial charge in [0.2, 0.25) is 5.16 Å². The van der Waals surface area contributed by atoms with E-state index in [2.05, 4.69) is 10.2 Å². The SMILES string of the molecule is CCOC(=O)C(=Cc1ccsc1)C1=Nn2c(nnc2-c2ccc(OC)cc2)SC1. The van der Waals surface area contributed by atoms with Gasteiger partial charge in [0, 0.05) is 11.3 Å². The number of thioether (sulfide) groups is 1. The molecule has 0 N–H and O–H groups in total. The highest BCUT2D eigenvalue weighted by atomic mass is 32.2. The van der Waals surface area contributed by atoms with Crippen LogP contribution in [0.1, 0.15) is 12.5 Å². The van der Waals surface area contributed by atoms with Gasteiger partial charge in [-0.05, 0) is 59.7 Å². The lowest BCUT2D eigenvalue weighted by Crippen LogP contribution is -2.21. The molecule has 0 bridgehead atoms. The smallest absolute Gasteiger partial charge is 0.340 e. The molecule has 1 aliphatic rings. The number of aromatic nitrogens is 3. The maximum atomic E-state index is 12.6. The third-order valence-corrected chi connectivity index (χ3v) is 5.81. The fraction of sp³-hybridized carbons (Fsp3) is 0.200. The lowest BCUT2D eigenvalue weighted by molar-refractivity contribution is -0.137. The number of nitrogens with zero attached hydrogens (tertiary/aromatic N) is 4. The Morgan fingerprint density at radius 1 is 1.24 bits per heavy atom. The second-order valence-electron chi connectivity index (χ2n) is 6.02. The summed E-state index contributed by atoms with van der Waals surface area (Å²) in [5, 5.41) is 17.8. The van der Waals surface area contributed by atoms with Crippen molar-refractivity contribution in [3.63, 3.8) is 0 Å². The largest absolute Gasteiger partial charge is 0.497 e. The number of hydrogen-bond donors (Lipinski definition) is 0. The fourth-order valence-corrected chi connectivity index (χ4v) is 4.22.